The summed E-state index contributed by atoms with van der Waals surface area (Å²) in [5.74, 6) is 1.79. The van der Waals surface area contributed by atoms with E-state index >= 15 is 0 Å². The SMILES string of the molecule is O=S([O-])OC=Cc1ccccc1.c1scc2c1OCCO2. The van der Waals surface area contributed by atoms with Gasteiger partial charge in [0.15, 0.2) is 11.5 Å². The minimum absolute atomic E-state index is 0.684. The summed E-state index contributed by atoms with van der Waals surface area (Å²) in [5.41, 5.74) is 0.892. The van der Waals surface area contributed by atoms with Crippen molar-refractivity contribution in [3.8, 4) is 11.5 Å². The summed E-state index contributed by atoms with van der Waals surface area (Å²) >= 11 is -0.871. The van der Waals surface area contributed by atoms with Gasteiger partial charge in [0.05, 0.1) is 0 Å². The van der Waals surface area contributed by atoms with E-state index in [-0.39, 0.29) is 0 Å². The van der Waals surface area contributed by atoms with Gasteiger partial charge in [-0.3, -0.25) is 0 Å². The first-order valence-corrected chi connectivity index (χ1v) is 8.00. The van der Waals surface area contributed by atoms with Crippen LogP contribution in [0.5, 0.6) is 11.5 Å². The van der Waals surface area contributed by atoms with Crippen molar-refractivity contribution in [3.05, 3.63) is 52.9 Å². The molecule has 1 aromatic carbocycles. The van der Waals surface area contributed by atoms with Crippen LogP contribution in [0.3, 0.4) is 0 Å². The first-order valence-electron chi connectivity index (χ1n) is 6.05. The molecule has 1 aliphatic heterocycles. The van der Waals surface area contributed by atoms with Gasteiger partial charge in [0.1, 0.15) is 30.8 Å². The summed E-state index contributed by atoms with van der Waals surface area (Å²) in [6, 6.07) is 9.27. The van der Waals surface area contributed by atoms with Crippen LogP contribution in [0.25, 0.3) is 6.08 Å². The first-order chi connectivity index (χ1) is 10.3. The molecule has 0 aliphatic carbocycles. The number of benzene rings is 1. The van der Waals surface area contributed by atoms with E-state index in [0.717, 1.165) is 23.3 Å². The molecule has 1 aromatic heterocycles. The van der Waals surface area contributed by atoms with Crippen molar-refractivity contribution in [1.82, 2.24) is 0 Å². The summed E-state index contributed by atoms with van der Waals surface area (Å²) in [4.78, 5) is 0. The van der Waals surface area contributed by atoms with Crippen molar-refractivity contribution >= 4 is 28.8 Å². The molecule has 2 heterocycles. The fourth-order valence-electron chi connectivity index (χ4n) is 1.50. The molecular formula is C14H13O5S2-. The molecule has 5 nitrogen and oxygen atoms in total. The topological polar surface area (TPSA) is 67.8 Å². The van der Waals surface area contributed by atoms with Gasteiger partial charge in [0, 0.05) is 10.8 Å². The Hall–Kier alpha value is -1.83. The highest BCUT2D eigenvalue weighted by Crippen LogP contribution is 2.33. The highest BCUT2D eigenvalue weighted by atomic mass is 32.2. The third-order valence-corrected chi connectivity index (χ3v) is 3.35. The summed E-state index contributed by atoms with van der Waals surface area (Å²) in [6.45, 7) is 1.37. The van der Waals surface area contributed by atoms with Gasteiger partial charge >= 0.3 is 0 Å². The lowest BCUT2D eigenvalue weighted by atomic mass is 10.2. The number of ether oxygens (including phenoxy) is 2. The molecule has 0 spiro atoms. The Morgan fingerprint density at radius 1 is 1.14 bits per heavy atom. The van der Waals surface area contributed by atoms with Gasteiger partial charge in [-0.15, -0.1) is 11.3 Å². The van der Waals surface area contributed by atoms with Gasteiger partial charge in [-0.1, -0.05) is 30.3 Å². The van der Waals surface area contributed by atoms with Crippen LogP contribution in [-0.2, 0) is 15.5 Å². The summed E-state index contributed by atoms with van der Waals surface area (Å²) in [6.07, 6.45) is 2.69. The fourth-order valence-corrected chi connectivity index (χ4v) is 2.33. The van der Waals surface area contributed by atoms with Crippen molar-refractivity contribution in [2.75, 3.05) is 13.2 Å². The molecular weight excluding hydrogens is 312 g/mol. The molecule has 0 saturated heterocycles. The van der Waals surface area contributed by atoms with Gasteiger partial charge < -0.3 is 18.2 Å². The predicted octanol–water partition coefficient (Wildman–Crippen LogP) is 2.99. The van der Waals surface area contributed by atoms with E-state index in [9.17, 15) is 8.76 Å². The number of fused-ring (bicyclic) bond motifs is 1. The number of rotatable bonds is 3. The fraction of sp³-hybridized carbons (Fsp3) is 0.143. The average Bonchev–Trinajstić information content (AvgIpc) is 2.97. The van der Waals surface area contributed by atoms with Crippen LogP contribution >= 0.6 is 11.3 Å². The average molecular weight is 325 g/mol. The number of hydrogen-bond acceptors (Lipinski definition) is 6. The molecule has 3 rings (SSSR count). The van der Waals surface area contributed by atoms with Gasteiger partial charge in [0.25, 0.3) is 0 Å². The molecule has 0 radical (unpaired) electrons. The maximum Gasteiger partial charge on any atom is 0.172 e. The first kappa shape index (κ1) is 15.6. The molecule has 0 saturated carbocycles. The normalized spacial score (nSPS) is 14.1. The summed E-state index contributed by atoms with van der Waals surface area (Å²) in [7, 11) is 0. The minimum Gasteiger partial charge on any atom is -0.740 e. The van der Waals surface area contributed by atoms with Gasteiger partial charge in [0.2, 0.25) is 0 Å². The predicted molar refractivity (Wildman–Crippen MR) is 80.8 cm³/mol. The lowest BCUT2D eigenvalue weighted by Crippen LogP contribution is -2.13. The highest BCUT2D eigenvalue weighted by molar-refractivity contribution is 7.74. The molecule has 7 heteroatoms. The lowest BCUT2D eigenvalue weighted by molar-refractivity contribution is 0.173. The van der Waals surface area contributed by atoms with Crippen molar-refractivity contribution in [2.45, 2.75) is 0 Å². The van der Waals surface area contributed by atoms with E-state index in [1.165, 1.54) is 0 Å². The van der Waals surface area contributed by atoms with Crippen LogP contribution in [0.1, 0.15) is 5.56 Å². The second kappa shape index (κ2) is 8.46. The third kappa shape index (κ3) is 5.58. The van der Waals surface area contributed by atoms with Crippen LogP contribution < -0.4 is 9.47 Å². The van der Waals surface area contributed by atoms with E-state index in [2.05, 4.69) is 4.18 Å². The molecule has 0 bridgehead atoms. The highest BCUT2D eigenvalue weighted by Gasteiger charge is 2.10. The van der Waals surface area contributed by atoms with Crippen LogP contribution in [-0.4, -0.2) is 22.0 Å². The number of thiophene rings is 1. The number of hydrogen-bond donors (Lipinski definition) is 0. The van der Waals surface area contributed by atoms with Crippen LogP contribution in [0.2, 0.25) is 0 Å². The molecule has 0 amide bonds. The largest absolute Gasteiger partial charge is 0.740 e. The van der Waals surface area contributed by atoms with Gasteiger partial charge in [-0.2, -0.15) is 0 Å². The minimum atomic E-state index is -2.48. The zero-order chi connectivity index (χ0) is 14.9. The quantitative estimate of drug-likeness (QED) is 0.641. The standard InChI is InChI=1S/C8H8O3S.C6H6O2S/c9-12(10)11-7-6-8-4-2-1-3-5-8;1-2-8-6-4-9-3-5(6)7-1/h1-7H,(H,9,10);3-4H,1-2H2/p-1. The molecule has 1 aliphatic rings. The van der Waals surface area contributed by atoms with Crippen LogP contribution in [0.15, 0.2) is 47.4 Å². The maximum atomic E-state index is 9.92. The molecule has 0 fully saturated rings. The Morgan fingerprint density at radius 2 is 1.76 bits per heavy atom. The Labute approximate surface area is 129 Å². The molecule has 0 N–H and O–H groups in total. The Morgan fingerprint density at radius 3 is 2.33 bits per heavy atom. The van der Waals surface area contributed by atoms with Crippen LogP contribution in [0.4, 0.5) is 0 Å². The third-order valence-electron chi connectivity index (χ3n) is 2.39. The Balaban J connectivity index is 0.000000159. The van der Waals surface area contributed by atoms with Gasteiger partial charge in [-0.05, 0) is 11.6 Å². The van der Waals surface area contributed by atoms with E-state index < -0.39 is 11.4 Å². The van der Waals surface area contributed by atoms with Crippen LogP contribution in [0, 0.1) is 0 Å². The van der Waals surface area contributed by atoms with Crippen molar-refractivity contribution < 1.29 is 22.4 Å². The Kier molecular flexibility index (Phi) is 6.26. The van der Waals surface area contributed by atoms with Crippen molar-refractivity contribution in [2.24, 2.45) is 0 Å². The Bertz CT molecular complexity index is 574. The molecule has 1 atom stereocenters. The zero-order valence-electron chi connectivity index (χ0n) is 11.0. The second-order valence-electron chi connectivity index (χ2n) is 3.81. The second-order valence-corrected chi connectivity index (χ2v) is 5.16. The maximum absolute atomic E-state index is 9.92. The molecule has 21 heavy (non-hydrogen) atoms. The summed E-state index contributed by atoms with van der Waals surface area (Å²) in [5, 5.41) is 3.91. The lowest BCUT2D eigenvalue weighted by Gasteiger charge is -2.13. The van der Waals surface area contributed by atoms with E-state index in [1.807, 2.05) is 41.1 Å². The van der Waals surface area contributed by atoms with Gasteiger partial charge in [-0.25, -0.2) is 4.21 Å². The van der Waals surface area contributed by atoms with Crippen molar-refractivity contribution in [3.63, 3.8) is 0 Å². The molecule has 112 valence electrons. The van der Waals surface area contributed by atoms with E-state index in [1.54, 1.807) is 17.4 Å². The van der Waals surface area contributed by atoms with Crippen molar-refractivity contribution in [1.29, 1.82) is 0 Å². The molecule has 1 unspecified atom stereocenters. The van der Waals surface area contributed by atoms with E-state index in [4.69, 9.17) is 9.47 Å². The zero-order valence-corrected chi connectivity index (χ0v) is 12.6. The van der Waals surface area contributed by atoms with E-state index in [0.29, 0.717) is 13.2 Å². The molecule has 2 aromatic rings. The summed E-state index contributed by atoms with van der Waals surface area (Å²) < 4.78 is 34.5. The monoisotopic (exact) mass is 325 g/mol. The smallest absolute Gasteiger partial charge is 0.172 e.